The lowest BCUT2D eigenvalue weighted by Crippen LogP contribution is -2.39. The van der Waals surface area contributed by atoms with E-state index in [2.05, 4.69) is 9.97 Å². The van der Waals surface area contributed by atoms with Gasteiger partial charge in [0.15, 0.2) is 11.5 Å². The van der Waals surface area contributed by atoms with Crippen LogP contribution in [0.4, 0.5) is 0 Å². The van der Waals surface area contributed by atoms with Crippen molar-refractivity contribution < 1.29 is 33.3 Å². The van der Waals surface area contributed by atoms with Gasteiger partial charge in [0.2, 0.25) is 5.82 Å². The molecule has 0 spiro atoms. The Balaban J connectivity index is 2.70. The van der Waals surface area contributed by atoms with E-state index in [0.29, 0.717) is 0 Å². The molecule has 0 unspecified atom stereocenters. The number of hydrogen-bond acceptors (Lipinski definition) is 9. The Hall–Kier alpha value is -3.49. The molecule has 1 aromatic carbocycles. The minimum Gasteiger partial charge on any atom is -0.493 e. The summed E-state index contributed by atoms with van der Waals surface area (Å²) in [7, 11) is 1.37. The van der Waals surface area contributed by atoms with E-state index in [1.165, 1.54) is 44.6 Å². The van der Waals surface area contributed by atoms with Crippen molar-refractivity contribution in [3.05, 3.63) is 48.0 Å². The number of nitrogens with zero attached hydrogens (tertiary/aromatic N) is 2. The smallest absolute Gasteiger partial charge is 0.345 e. The zero-order chi connectivity index (χ0) is 20.0. The summed E-state index contributed by atoms with van der Waals surface area (Å²) in [6.45, 7) is 3.56. The number of hydrogen-bond donors (Lipinski definition) is 0. The Bertz CT molecular complexity index is 836. The lowest BCUT2D eigenvalue weighted by Gasteiger charge is -2.31. The summed E-state index contributed by atoms with van der Waals surface area (Å²) >= 11 is 0. The summed E-state index contributed by atoms with van der Waals surface area (Å²) in [4.78, 5) is 42.9. The van der Waals surface area contributed by atoms with Gasteiger partial charge < -0.3 is 18.9 Å². The molecule has 2 aromatic rings. The molecule has 1 heterocycles. The second kappa shape index (κ2) is 8.26. The number of benzene rings is 1. The van der Waals surface area contributed by atoms with Gasteiger partial charge in [-0.15, -0.1) is 0 Å². The molecule has 0 N–H and O–H groups in total. The van der Waals surface area contributed by atoms with Gasteiger partial charge in [0.1, 0.15) is 0 Å². The van der Waals surface area contributed by atoms with Crippen molar-refractivity contribution in [3.63, 3.8) is 0 Å². The lowest BCUT2D eigenvalue weighted by atomic mass is 10.0. The van der Waals surface area contributed by atoms with E-state index in [0.717, 1.165) is 13.8 Å². The van der Waals surface area contributed by atoms with Crippen molar-refractivity contribution in [2.24, 2.45) is 0 Å². The van der Waals surface area contributed by atoms with Crippen LogP contribution in [0.5, 0.6) is 11.5 Å². The van der Waals surface area contributed by atoms with Gasteiger partial charge in [-0.2, -0.15) is 0 Å². The number of ether oxygens (including phenoxy) is 4. The highest BCUT2D eigenvalue weighted by atomic mass is 16.7. The van der Waals surface area contributed by atoms with Crippen LogP contribution in [0.2, 0.25) is 0 Å². The summed E-state index contributed by atoms with van der Waals surface area (Å²) in [6, 6.07) is 5.82. The number of carbonyl (C=O) groups excluding carboxylic acids is 3. The molecule has 0 aliphatic rings. The van der Waals surface area contributed by atoms with Gasteiger partial charge in [0.25, 0.3) is 0 Å². The number of esters is 3. The number of rotatable bonds is 6. The Morgan fingerprint density at radius 1 is 0.889 bits per heavy atom. The molecule has 9 heteroatoms. The van der Waals surface area contributed by atoms with Crippen LogP contribution in [-0.4, -0.2) is 35.0 Å². The van der Waals surface area contributed by atoms with Crippen molar-refractivity contribution in [1.29, 1.82) is 0 Å². The summed E-state index contributed by atoms with van der Waals surface area (Å²) < 4.78 is 21.0. The van der Waals surface area contributed by atoms with Crippen LogP contribution in [0.15, 0.2) is 36.7 Å². The molecule has 142 valence electrons. The van der Waals surface area contributed by atoms with Gasteiger partial charge in [-0.05, 0) is 24.3 Å². The Kier molecular flexibility index (Phi) is 6.07. The van der Waals surface area contributed by atoms with Gasteiger partial charge in [-0.25, -0.2) is 9.97 Å². The Morgan fingerprint density at radius 2 is 1.48 bits per heavy atom. The van der Waals surface area contributed by atoms with E-state index in [1.807, 2.05) is 0 Å². The highest BCUT2D eigenvalue weighted by Gasteiger charge is 2.45. The van der Waals surface area contributed by atoms with Crippen LogP contribution in [-0.2, 0) is 29.6 Å². The van der Waals surface area contributed by atoms with Crippen LogP contribution in [0, 0.1) is 0 Å². The number of carbonyl (C=O) groups is 3. The number of aromatic nitrogens is 2. The molecule has 0 saturated heterocycles. The summed E-state index contributed by atoms with van der Waals surface area (Å²) in [5.41, 5.74) is 0.187. The average Bonchev–Trinajstić information content (AvgIpc) is 2.60. The molecule has 0 bridgehead atoms. The third-order valence-corrected chi connectivity index (χ3v) is 3.23. The van der Waals surface area contributed by atoms with Gasteiger partial charge in [-0.1, -0.05) is 0 Å². The van der Waals surface area contributed by atoms with Gasteiger partial charge >= 0.3 is 23.7 Å². The molecule has 0 aliphatic carbocycles. The maximum Gasteiger partial charge on any atom is 0.345 e. The predicted molar refractivity (Wildman–Crippen MR) is 90.6 cm³/mol. The van der Waals surface area contributed by atoms with E-state index in [-0.39, 0.29) is 22.9 Å². The Labute approximate surface area is 155 Å². The molecular weight excluding hydrogens is 356 g/mol. The second-order valence-corrected chi connectivity index (χ2v) is 5.34. The minimum absolute atomic E-state index is 0.0716. The van der Waals surface area contributed by atoms with Crippen molar-refractivity contribution in [2.75, 3.05) is 7.11 Å². The Morgan fingerprint density at radius 3 is 1.96 bits per heavy atom. The van der Waals surface area contributed by atoms with Crippen LogP contribution < -0.4 is 9.47 Å². The molecule has 0 fully saturated rings. The van der Waals surface area contributed by atoms with Crippen molar-refractivity contribution in [2.45, 2.75) is 26.6 Å². The topological polar surface area (TPSA) is 114 Å². The zero-order valence-corrected chi connectivity index (χ0v) is 15.2. The van der Waals surface area contributed by atoms with Crippen LogP contribution >= 0.6 is 0 Å². The van der Waals surface area contributed by atoms with E-state index >= 15 is 0 Å². The zero-order valence-electron chi connectivity index (χ0n) is 15.2. The van der Waals surface area contributed by atoms with Crippen molar-refractivity contribution in [3.8, 4) is 11.5 Å². The monoisotopic (exact) mass is 374 g/mol. The summed E-state index contributed by atoms with van der Waals surface area (Å²) in [5.74, 6) is -3.82. The molecule has 0 atom stereocenters. The first-order valence-corrected chi connectivity index (χ1v) is 7.82. The fourth-order valence-corrected chi connectivity index (χ4v) is 2.34. The highest BCUT2D eigenvalue weighted by molar-refractivity contribution is 5.71. The SMILES string of the molecule is COc1cc(C(OC(C)=O)(OC(C)=O)c2ncccn2)ccc1OC(C)=O. The minimum atomic E-state index is -2.04. The number of methoxy groups -OCH3 is 1. The first kappa shape index (κ1) is 19.8. The quantitative estimate of drug-likeness (QED) is 0.423. The largest absolute Gasteiger partial charge is 0.493 e. The molecule has 0 saturated carbocycles. The van der Waals surface area contributed by atoms with Crippen LogP contribution in [0.3, 0.4) is 0 Å². The molecule has 27 heavy (non-hydrogen) atoms. The highest BCUT2D eigenvalue weighted by Crippen LogP contribution is 2.38. The first-order chi connectivity index (χ1) is 12.8. The predicted octanol–water partition coefficient (Wildman–Crippen LogP) is 1.74. The molecule has 0 amide bonds. The van der Waals surface area contributed by atoms with E-state index < -0.39 is 23.7 Å². The maximum atomic E-state index is 11.8. The van der Waals surface area contributed by atoms with E-state index in [4.69, 9.17) is 18.9 Å². The standard InChI is InChI=1S/C18H18N2O7/c1-11(21)25-15-7-6-14(10-16(15)24-4)18(26-12(2)22,27-13(3)23)17-19-8-5-9-20-17/h5-10H,1-4H3. The fourth-order valence-electron chi connectivity index (χ4n) is 2.34. The third kappa shape index (κ3) is 4.57. The molecule has 0 radical (unpaired) electrons. The van der Waals surface area contributed by atoms with E-state index in [1.54, 1.807) is 6.07 Å². The molecule has 1 aromatic heterocycles. The fraction of sp³-hybridized carbons (Fsp3) is 0.278. The van der Waals surface area contributed by atoms with Crippen molar-refractivity contribution in [1.82, 2.24) is 9.97 Å². The first-order valence-electron chi connectivity index (χ1n) is 7.82. The van der Waals surface area contributed by atoms with Gasteiger partial charge in [-0.3, -0.25) is 14.4 Å². The van der Waals surface area contributed by atoms with Crippen LogP contribution in [0.25, 0.3) is 0 Å². The average molecular weight is 374 g/mol. The van der Waals surface area contributed by atoms with Crippen LogP contribution in [0.1, 0.15) is 32.2 Å². The lowest BCUT2D eigenvalue weighted by molar-refractivity contribution is -0.218. The van der Waals surface area contributed by atoms with Gasteiger partial charge in [0.05, 0.1) is 7.11 Å². The summed E-state index contributed by atoms with van der Waals surface area (Å²) in [6.07, 6.45) is 2.82. The molecule has 0 aliphatic heterocycles. The second-order valence-electron chi connectivity index (χ2n) is 5.34. The summed E-state index contributed by atoms with van der Waals surface area (Å²) in [5, 5.41) is 0. The maximum absolute atomic E-state index is 11.8. The molecule has 2 rings (SSSR count). The van der Waals surface area contributed by atoms with Crippen molar-refractivity contribution >= 4 is 17.9 Å². The third-order valence-electron chi connectivity index (χ3n) is 3.23. The molecule has 9 nitrogen and oxygen atoms in total. The molecular formula is C18H18N2O7. The normalized spacial score (nSPS) is 10.7. The van der Waals surface area contributed by atoms with E-state index in [9.17, 15) is 14.4 Å². The van der Waals surface area contributed by atoms with Gasteiger partial charge in [0, 0.05) is 38.7 Å².